The van der Waals surface area contributed by atoms with Crippen molar-refractivity contribution in [3.8, 4) is 5.75 Å². The van der Waals surface area contributed by atoms with Gasteiger partial charge in [-0.25, -0.2) is 4.98 Å². The monoisotopic (exact) mass is 303 g/mol. The molecule has 0 radical (unpaired) electrons. The molecule has 1 saturated heterocycles. The summed E-state index contributed by atoms with van der Waals surface area (Å²) in [6.45, 7) is 8.09. The van der Waals surface area contributed by atoms with Gasteiger partial charge in [0.2, 0.25) is 0 Å². The highest BCUT2D eigenvalue weighted by Crippen LogP contribution is 2.19. The Bertz CT molecular complexity index is 550. The molecule has 0 unspecified atom stereocenters. The van der Waals surface area contributed by atoms with E-state index in [1.54, 1.807) is 11.3 Å². The molecule has 0 saturated carbocycles. The Morgan fingerprint density at radius 3 is 2.71 bits per heavy atom. The molecule has 4 nitrogen and oxygen atoms in total. The van der Waals surface area contributed by atoms with E-state index in [0.717, 1.165) is 50.2 Å². The molecule has 112 valence electrons. The van der Waals surface area contributed by atoms with Gasteiger partial charge in [0.05, 0.1) is 0 Å². The smallest absolute Gasteiger partial charge is 0.185 e. The molecule has 21 heavy (non-hydrogen) atoms. The number of anilines is 1. The van der Waals surface area contributed by atoms with E-state index in [1.807, 2.05) is 29.8 Å². The lowest BCUT2D eigenvalue weighted by Crippen LogP contribution is -2.47. The summed E-state index contributed by atoms with van der Waals surface area (Å²) in [7, 11) is 0. The zero-order valence-electron chi connectivity index (χ0n) is 12.4. The Kier molecular flexibility index (Phi) is 4.72. The lowest BCUT2D eigenvalue weighted by atomic mass is 10.2. The minimum Gasteiger partial charge on any atom is -0.492 e. The Labute approximate surface area is 130 Å². The maximum atomic E-state index is 5.87. The summed E-state index contributed by atoms with van der Waals surface area (Å²) in [5.41, 5.74) is 1.20. The van der Waals surface area contributed by atoms with Crippen LogP contribution in [0.2, 0.25) is 0 Å². The van der Waals surface area contributed by atoms with Gasteiger partial charge in [0.1, 0.15) is 12.4 Å². The number of thiazole rings is 1. The molecule has 0 bridgehead atoms. The lowest BCUT2D eigenvalue weighted by molar-refractivity contribution is 0.200. The second-order valence-electron chi connectivity index (χ2n) is 5.26. The van der Waals surface area contributed by atoms with Gasteiger partial charge in [0.15, 0.2) is 5.13 Å². The van der Waals surface area contributed by atoms with E-state index in [2.05, 4.69) is 27.8 Å². The van der Waals surface area contributed by atoms with Gasteiger partial charge in [-0.15, -0.1) is 11.3 Å². The number of piperazine rings is 1. The molecular weight excluding hydrogens is 282 g/mol. The molecule has 1 fully saturated rings. The molecule has 2 heterocycles. The second kappa shape index (κ2) is 6.91. The number of ether oxygens (including phenoxy) is 1. The normalized spacial score (nSPS) is 16.1. The van der Waals surface area contributed by atoms with Crippen LogP contribution in [0.3, 0.4) is 0 Å². The number of benzene rings is 1. The van der Waals surface area contributed by atoms with Crippen molar-refractivity contribution in [2.75, 3.05) is 44.2 Å². The van der Waals surface area contributed by atoms with Crippen LogP contribution in [0.15, 0.2) is 35.8 Å². The van der Waals surface area contributed by atoms with E-state index < -0.39 is 0 Å². The van der Waals surface area contributed by atoms with Crippen LogP contribution < -0.4 is 9.64 Å². The van der Waals surface area contributed by atoms with Gasteiger partial charge in [-0.1, -0.05) is 18.2 Å². The fourth-order valence-electron chi connectivity index (χ4n) is 2.54. The molecule has 0 spiro atoms. The van der Waals surface area contributed by atoms with Crippen molar-refractivity contribution >= 4 is 16.5 Å². The Balaban J connectivity index is 1.41. The first-order valence-corrected chi connectivity index (χ1v) is 8.26. The summed E-state index contributed by atoms with van der Waals surface area (Å²) in [4.78, 5) is 9.20. The number of para-hydroxylation sites is 1. The fourth-order valence-corrected chi connectivity index (χ4v) is 3.23. The Morgan fingerprint density at radius 2 is 2.00 bits per heavy atom. The van der Waals surface area contributed by atoms with Gasteiger partial charge in [0, 0.05) is 44.3 Å². The van der Waals surface area contributed by atoms with E-state index >= 15 is 0 Å². The van der Waals surface area contributed by atoms with Gasteiger partial charge in [-0.2, -0.15) is 0 Å². The predicted octanol–water partition coefficient (Wildman–Crippen LogP) is 2.65. The average molecular weight is 303 g/mol. The standard InChI is InChI=1S/C16H21N3OS/c1-14-4-2-3-5-15(14)20-12-11-18-7-9-19(10-8-18)16-17-6-13-21-16/h2-6,13H,7-12H2,1H3. The van der Waals surface area contributed by atoms with E-state index in [4.69, 9.17) is 4.74 Å². The largest absolute Gasteiger partial charge is 0.492 e. The number of hydrogen-bond acceptors (Lipinski definition) is 5. The van der Waals surface area contributed by atoms with Crippen LogP contribution in [0.5, 0.6) is 5.75 Å². The topological polar surface area (TPSA) is 28.6 Å². The number of hydrogen-bond donors (Lipinski definition) is 0. The van der Waals surface area contributed by atoms with Gasteiger partial charge in [-0.3, -0.25) is 4.90 Å². The zero-order valence-corrected chi connectivity index (χ0v) is 13.2. The SMILES string of the molecule is Cc1ccccc1OCCN1CCN(c2nccs2)CC1. The number of rotatable bonds is 5. The summed E-state index contributed by atoms with van der Waals surface area (Å²) in [5, 5.41) is 3.18. The minimum absolute atomic E-state index is 0.752. The van der Waals surface area contributed by atoms with Crippen LogP contribution in [0.1, 0.15) is 5.56 Å². The van der Waals surface area contributed by atoms with E-state index in [-0.39, 0.29) is 0 Å². The van der Waals surface area contributed by atoms with Crippen LogP contribution in [-0.4, -0.2) is 49.2 Å². The summed E-state index contributed by atoms with van der Waals surface area (Å²) in [6.07, 6.45) is 1.88. The highest BCUT2D eigenvalue weighted by atomic mass is 32.1. The molecule has 0 aliphatic carbocycles. The van der Waals surface area contributed by atoms with Crippen LogP contribution in [-0.2, 0) is 0 Å². The van der Waals surface area contributed by atoms with Crippen molar-refractivity contribution in [3.63, 3.8) is 0 Å². The first kappa shape index (κ1) is 14.4. The number of aromatic nitrogens is 1. The molecule has 2 aromatic rings. The second-order valence-corrected chi connectivity index (χ2v) is 6.13. The van der Waals surface area contributed by atoms with Crippen molar-refractivity contribution < 1.29 is 4.74 Å². The minimum atomic E-state index is 0.752. The molecule has 0 N–H and O–H groups in total. The van der Waals surface area contributed by atoms with Crippen LogP contribution in [0.4, 0.5) is 5.13 Å². The van der Waals surface area contributed by atoms with Crippen LogP contribution in [0, 0.1) is 6.92 Å². The number of aryl methyl sites for hydroxylation is 1. The predicted molar refractivity (Wildman–Crippen MR) is 87.4 cm³/mol. The molecule has 1 aliphatic heterocycles. The van der Waals surface area contributed by atoms with Crippen molar-refractivity contribution in [3.05, 3.63) is 41.4 Å². The van der Waals surface area contributed by atoms with Gasteiger partial charge in [-0.05, 0) is 18.6 Å². The molecular formula is C16H21N3OS. The highest BCUT2D eigenvalue weighted by Gasteiger charge is 2.18. The van der Waals surface area contributed by atoms with Gasteiger partial charge in [0.25, 0.3) is 0 Å². The summed E-state index contributed by atoms with van der Waals surface area (Å²) in [6, 6.07) is 8.19. The quantitative estimate of drug-likeness (QED) is 0.849. The van der Waals surface area contributed by atoms with E-state index in [9.17, 15) is 0 Å². The third kappa shape index (κ3) is 3.74. The maximum Gasteiger partial charge on any atom is 0.185 e. The Hall–Kier alpha value is -1.59. The summed E-state index contributed by atoms with van der Waals surface area (Å²) >= 11 is 1.72. The first-order chi connectivity index (χ1) is 10.3. The molecule has 1 aromatic heterocycles. The van der Waals surface area contributed by atoms with Crippen molar-refractivity contribution in [1.82, 2.24) is 9.88 Å². The van der Waals surface area contributed by atoms with E-state index in [0.29, 0.717) is 0 Å². The zero-order chi connectivity index (χ0) is 14.5. The summed E-state index contributed by atoms with van der Waals surface area (Å²) < 4.78 is 5.87. The van der Waals surface area contributed by atoms with Gasteiger partial charge >= 0.3 is 0 Å². The Morgan fingerprint density at radius 1 is 1.19 bits per heavy atom. The average Bonchev–Trinajstić information content (AvgIpc) is 3.04. The van der Waals surface area contributed by atoms with Gasteiger partial charge < -0.3 is 9.64 Å². The van der Waals surface area contributed by atoms with Crippen molar-refractivity contribution in [2.24, 2.45) is 0 Å². The molecule has 1 aromatic carbocycles. The lowest BCUT2D eigenvalue weighted by Gasteiger charge is -2.34. The van der Waals surface area contributed by atoms with E-state index in [1.165, 1.54) is 5.56 Å². The third-order valence-corrected chi connectivity index (χ3v) is 4.65. The van der Waals surface area contributed by atoms with Crippen LogP contribution in [0.25, 0.3) is 0 Å². The fraction of sp³-hybridized carbons (Fsp3) is 0.438. The molecule has 0 atom stereocenters. The van der Waals surface area contributed by atoms with Crippen molar-refractivity contribution in [2.45, 2.75) is 6.92 Å². The van der Waals surface area contributed by atoms with Crippen LogP contribution >= 0.6 is 11.3 Å². The number of nitrogens with zero attached hydrogens (tertiary/aromatic N) is 3. The molecule has 3 rings (SSSR count). The molecule has 5 heteroatoms. The molecule has 1 aliphatic rings. The third-order valence-electron chi connectivity index (χ3n) is 3.82. The molecule has 0 amide bonds. The first-order valence-electron chi connectivity index (χ1n) is 7.38. The maximum absolute atomic E-state index is 5.87. The van der Waals surface area contributed by atoms with Crippen molar-refractivity contribution in [1.29, 1.82) is 0 Å². The summed E-state index contributed by atoms with van der Waals surface area (Å²) in [5.74, 6) is 0.999. The highest BCUT2D eigenvalue weighted by molar-refractivity contribution is 7.13.